The summed E-state index contributed by atoms with van der Waals surface area (Å²) in [7, 11) is -3.63. The fourth-order valence-electron chi connectivity index (χ4n) is 3.25. The third kappa shape index (κ3) is 3.63. The zero-order chi connectivity index (χ0) is 19.7. The van der Waals surface area contributed by atoms with E-state index in [1.54, 1.807) is 24.3 Å². The number of aromatic amines is 1. The van der Waals surface area contributed by atoms with E-state index >= 15 is 0 Å². The van der Waals surface area contributed by atoms with Crippen LogP contribution in [-0.4, -0.2) is 13.4 Å². The zero-order valence-corrected chi connectivity index (χ0v) is 16.8. The number of anilines is 1. The number of hydrogen-bond acceptors (Lipinski definition) is 2. The van der Waals surface area contributed by atoms with E-state index in [0.29, 0.717) is 22.0 Å². The number of benzene rings is 3. The van der Waals surface area contributed by atoms with Crippen LogP contribution in [0.2, 0.25) is 5.02 Å². The van der Waals surface area contributed by atoms with E-state index in [-0.39, 0.29) is 0 Å². The summed E-state index contributed by atoms with van der Waals surface area (Å²) >= 11 is 6.05. The molecule has 1 aromatic heterocycles. The first kappa shape index (κ1) is 18.6. The Morgan fingerprint density at radius 2 is 1.71 bits per heavy atom. The normalized spacial score (nSPS) is 11.6. The molecule has 4 aromatic rings. The van der Waals surface area contributed by atoms with Crippen LogP contribution in [0.1, 0.15) is 12.5 Å². The van der Waals surface area contributed by atoms with Gasteiger partial charge >= 0.3 is 0 Å². The second-order valence-electron chi connectivity index (χ2n) is 6.56. The van der Waals surface area contributed by atoms with Crippen LogP contribution in [0.3, 0.4) is 0 Å². The van der Waals surface area contributed by atoms with Crippen LogP contribution < -0.4 is 4.72 Å². The van der Waals surface area contributed by atoms with E-state index in [0.717, 1.165) is 27.7 Å². The van der Waals surface area contributed by atoms with Gasteiger partial charge in [0, 0.05) is 27.3 Å². The zero-order valence-electron chi connectivity index (χ0n) is 15.2. The van der Waals surface area contributed by atoms with Crippen LogP contribution in [0.15, 0.2) is 77.7 Å². The van der Waals surface area contributed by atoms with Gasteiger partial charge in [-0.1, -0.05) is 48.9 Å². The minimum absolute atomic E-state index is 0.314. The van der Waals surface area contributed by atoms with Crippen molar-refractivity contribution >= 4 is 38.2 Å². The molecular weight excluding hydrogens is 392 g/mol. The Bertz CT molecular complexity index is 1250. The topological polar surface area (TPSA) is 62.0 Å². The van der Waals surface area contributed by atoms with Crippen LogP contribution in [0.25, 0.3) is 22.2 Å². The quantitative estimate of drug-likeness (QED) is 0.433. The summed E-state index contributed by atoms with van der Waals surface area (Å²) in [5, 5.41) is 1.72. The Labute approximate surface area is 169 Å². The van der Waals surface area contributed by atoms with Gasteiger partial charge in [-0.3, -0.25) is 4.72 Å². The molecule has 0 fully saturated rings. The summed E-state index contributed by atoms with van der Waals surface area (Å²) in [6.45, 7) is 1.94. The molecule has 0 aliphatic rings. The lowest BCUT2D eigenvalue weighted by Crippen LogP contribution is -2.14. The molecule has 6 heteroatoms. The van der Waals surface area contributed by atoms with E-state index in [1.807, 2.05) is 55.5 Å². The molecule has 0 atom stereocenters. The molecule has 1 heterocycles. The van der Waals surface area contributed by atoms with Gasteiger partial charge in [-0.15, -0.1) is 0 Å². The number of aryl methyl sites for hydroxylation is 1. The number of hydrogen-bond donors (Lipinski definition) is 2. The number of nitrogens with one attached hydrogen (secondary N) is 2. The summed E-state index contributed by atoms with van der Waals surface area (Å²) in [6.07, 6.45) is 0.653. The Morgan fingerprint density at radius 1 is 0.964 bits per heavy atom. The maximum Gasteiger partial charge on any atom is 0.262 e. The summed E-state index contributed by atoms with van der Waals surface area (Å²) in [5.41, 5.74) is 4.23. The molecule has 0 radical (unpaired) electrons. The lowest BCUT2D eigenvalue weighted by Gasteiger charge is -2.11. The third-order valence-electron chi connectivity index (χ3n) is 4.67. The first-order valence-corrected chi connectivity index (χ1v) is 10.8. The molecular formula is C22H19ClN2O2S. The summed E-state index contributed by atoms with van der Waals surface area (Å²) in [4.78, 5) is 3.66. The van der Waals surface area contributed by atoms with Crippen molar-refractivity contribution in [2.24, 2.45) is 0 Å². The van der Waals surface area contributed by atoms with Gasteiger partial charge in [0.1, 0.15) is 0 Å². The molecule has 0 unspecified atom stereocenters. The van der Waals surface area contributed by atoms with Crippen molar-refractivity contribution in [3.05, 3.63) is 83.4 Å². The van der Waals surface area contributed by atoms with Crippen LogP contribution in [0, 0.1) is 0 Å². The SMILES string of the molecule is CCc1ccccc1S(=O)(=O)Nc1ccc(-c2cc3cc(Cl)ccc3[nH]2)cc1. The fraction of sp³-hybridized carbons (Fsp3) is 0.0909. The van der Waals surface area contributed by atoms with Gasteiger partial charge in [-0.2, -0.15) is 0 Å². The molecule has 0 amide bonds. The number of sulfonamides is 1. The van der Waals surface area contributed by atoms with Gasteiger partial charge in [-0.05, 0) is 60.0 Å². The monoisotopic (exact) mass is 410 g/mol. The average molecular weight is 411 g/mol. The first-order chi connectivity index (χ1) is 13.5. The smallest absolute Gasteiger partial charge is 0.262 e. The largest absolute Gasteiger partial charge is 0.355 e. The number of fused-ring (bicyclic) bond motifs is 1. The first-order valence-electron chi connectivity index (χ1n) is 8.96. The van der Waals surface area contributed by atoms with Crippen LogP contribution in [0.4, 0.5) is 5.69 Å². The second kappa shape index (κ2) is 7.34. The van der Waals surface area contributed by atoms with Gasteiger partial charge < -0.3 is 4.98 Å². The van der Waals surface area contributed by atoms with Crippen molar-refractivity contribution in [2.45, 2.75) is 18.2 Å². The average Bonchev–Trinajstić information content (AvgIpc) is 3.11. The maximum atomic E-state index is 12.8. The van der Waals surface area contributed by atoms with Crippen molar-refractivity contribution < 1.29 is 8.42 Å². The van der Waals surface area contributed by atoms with Crippen molar-refractivity contribution in [3.63, 3.8) is 0 Å². The van der Waals surface area contributed by atoms with E-state index < -0.39 is 10.0 Å². The molecule has 0 spiro atoms. The lowest BCUT2D eigenvalue weighted by atomic mass is 10.1. The number of H-pyrrole nitrogens is 1. The van der Waals surface area contributed by atoms with Gasteiger partial charge in [-0.25, -0.2) is 8.42 Å². The molecule has 2 N–H and O–H groups in total. The van der Waals surface area contributed by atoms with E-state index in [2.05, 4.69) is 9.71 Å². The van der Waals surface area contributed by atoms with Crippen molar-refractivity contribution in [1.82, 2.24) is 4.98 Å². The Balaban J connectivity index is 1.60. The van der Waals surface area contributed by atoms with Gasteiger partial charge in [0.15, 0.2) is 0 Å². The molecule has 4 nitrogen and oxygen atoms in total. The molecule has 4 rings (SSSR count). The molecule has 0 saturated carbocycles. The van der Waals surface area contributed by atoms with Gasteiger partial charge in [0.25, 0.3) is 10.0 Å². The fourth-order valence-corrected chi connectivity index (χ4v) is 4.80. The Morgan fingerprint density at radius 3 is 2.46 bits per heavy atom. The highest BCUT2D eigenvalue weighted by Gasteiger charge is 2.17. The maximum absolute atomic E-state index is 12.8. The van der Waals surface area contributed by atoms with Crippen molar-refractivity contribution in [3.8, 4) is 11.3 Å². The predicted molar refractivity (Wildman–Crippen MR) is 115 cm³/mol. The van der Waals surface area contributed by atoms with Gasteiger partial charge in [0.05, 0.1) is 4.90 Å². The number of halogens is 1. The molecule has 0 aliphatic heterocycles. The van der Waals surface area contributed by atoms with Crippen molar-refractivity contribution in [2.75, 3.05) is 4.72 Å². The standard InChI is InChI=1S/C22H19ClN2O2S/c1-2-15-5-3-4-6-22(15)28(26,27)25-19-10-7-16(8-11-19)21-14-17-13-18(23)9-12-20(17)24-21/h3-14,24-25H,2H2,1H3. The minimum atomic E-state index is -3.63. The van der Waals surface area contributed by atoms with E-state index in [9.17, 15) is 8.42 Å². The highest BCUT2D eigenvalue weighted by molar-refractivity contribution is 7.92. The highest BCUT2D eigenvalue weighted by Crippen LogP contribution is 2.28. The van der Waals surface area contributed by atoms with Crippen LogP contribution >= 0.6 is 11.6 Å². The molecule has 28 heavy (non-hydrogen) atoms. The third-order valence-corrected chi connectivity index (χ3v) is 6.39. The summed E-state index contributed by atoms with van der Waals surface area (Å²) in [5.74, 6) is 0. The minimum Gasteiger partial charge on any atom is -0.355 e. The number of aromatic nitrogens is 1. The van der Waals surface area contributed by atoms with Crippen LogP contribution in [-0.2, 0) is 16.4 Å². The molecule has 0 aliphatic carbocycles. The molecule has 3 aromatic carbocycles. The van der Waals surface area contributed by atoms with E-state index in [4.69, 9.17) is 11.6 Å². The molecule has 0 saturated heterocycles. The molecule has 0 bridgehead atoms. The van der Waals surface area contributed by atoms with Gasteiger partial charge in [0.2, 0.25) is 0 Å². The van der Waals surface area contributed by atoms with Crippen LogP contribution in [0.5, 0.6) is 0 Å². The van der Waals surface area contributed by atoms with Crippen molar-refractivity contribution in [1.29, 1.82) is 0 Å². The lowest BCUT2D eigenvalue weighted by molar-refractivity contribution is 0.600. The Hall–Kier alpha value is -2.76. The molecule has 142 valence electrons. The second-order valence-corrected chi connectivity index (χ2v) is 8.65. The number of rotatable bonds is 5. The van der Waals surface area contributed by atoms with E-state index in [1.165, 1.54) is 0 Å². The summed E-state index contributed by atoms with van der Waals surface area (Å²) in [6, 6.07) is 22.1. The Kier molecular flexibility index (Phi) is 4.87. The summed E-state index contributed by atoms with van der Waals surface area (Å²) < 4.78 is 28.2. The highest BCUT2D eigenvalue weighted by atomic mass is 35.5. The predicted octanol–water partition coefficient (Wildman–Crippen LogP) is 5.85.